The molecule has 90 valence electrons. The molecular formula is C10H12BBrN2O3. The van der Waals surface area contributed by atoms with Gasteiger partial charge in [-0.15, -0.1) is 0 Å². The normalized spacial score (nSPS) is 19.8. The number of amides is 1. The minimum absolute atomic E-state index is 0.0549. The first-order chi connectivity index (χ1) is 8.11. The quantitative estimate of drug-likeness (QED) is 0.583. The molecule has 0 spiro atoms. The molecule has 2 rings (SSSR count). The number of alkyl halides is 1. The Bertz CT molecular complexity index is 413. The van der Waals surface area contributed by atoms with E-state index in [-0.39, 0.29) is 5.91 Å². The Hall–Kier alpha value is -0.915. The molecule has 7 heteroatoms. The lowest BCUT2D eigenvalue weighted by molar-refractivity contribution is -0.117. The molecule has 1 aromatic heterocycles. The second kappa shape index (κ2) is 5.16. The van der Waals surface area contributed by atoms with Crippen molar-refractivity contribution in [2.45, 2.75) is 6.42 Å². The summed E-state index contributed by atoms with van der Waals surface area (Å²) in [6, 6.07) is 3.19. The van der Waals surface area contributed by atoms with Gasteiger partial charge in [0.25, 0.3) is 0 Å². The maximum atomic E-state index is 11.7. The lowest BCUT2D eigenvalue weighted by atomic mass is 9.82. The molecule has 5 nitrogen and oxygen atoms in total. The number of aromatic nitrogens is 1. The lowest BCUT2D eigenvalue weighted by Gasteiger charge is -2.15. The van der Waals surface area contributed by atoms with E-state index in [0.717, 1.165) is 5.33 Å². The fourth-order valence-corrected chi connectivity index (χ4v) is 2.25. The zero-order chi connectivity index (χ0) is 12.4. The average Bonchev–Trinajstić information content (AvgIpc) is 2.71. The average molecular weight is 299 g/mol. The highest BCUT2D eigenvalue weighted by molar-refractivity contribution is 9.09. The highest BCUT2D eigenvalue weighted by atomic mass is 79.9. The first kappa shape index (κ1) is 12.5. The van der Waals surface area contributed by atoms with Crippen molar-refractivity contribution in [1.29, 1.82) is 0 Å². The summed E-state index contributed by atoms with van der Waals surface area (Å²) in [4.78, 5) is 17.4. The summed E-state index contributed by atoms with van der Waals surface area (Å²) in [6.07, 6.45) is 1.89. The number of rotatable bonds is 3. The van der Waals surface area contributed by atoms with E-state index in [2.05, 4.69) is 20.9 Å². The molecule has 1 unspecified atom stereocenters. The standard InChI is InChI=1S/C10H12BBrN2O3/c12-4-7-3-10(15)14(6-7)9-2-1-8(5-13-9)11(16)17/h1-2,5,7,16-17H,3-4,6H2. The SMILES string of the molecule is O=C1CC(CBr)CN1c1ccc(B(O)O)cn1. The number of anilines is 1. The molecule has 1 aromatic rings. The predicted molar refractivity (Wildman–Crippen MR) is 68.3 cm³/mol. The summed E-state index contributed by atoms with van der Waals surface area (Å²) < 4.78 is 0. The number of nitrogens with zero attached hydrogens (tertiary/aromatic N) is 2. The molecular weight excluding hydrogens is 287 g/mol. The van der Waals surface area contributed by atoms with Gasteiger partial charge in [-0.1, -0.05) is 22.0 Å². The van der Waals surface area contributed by atoms with E-state index >= 15 is 0 Å². The summed E-state index contributed by atoms with van der Waals surface area (Å²) in [7, 11) is -1.53. The molecule has 1 aliphatic rings. The van der Waals surface area contributed by atoms with Crippen LogP contribution in [0.5, 0.6) is 0 Å². The third-order valence-corrected chi connectivity index (χ3v) is 3.68. The molecule has 2 N–H and O–H groups in total. The van der Waals surface area contributed by atoms with Gasteiger partial charge in [0, 0.05) is 30.0 Å². The zero-order valence-electron chi connectivity index (χ0n) is 9.08. The Balaban J connectivity index is 2.15. The van der Waals surface area contributed by atoms with E-state index in [4.69, 9.17) is 10.0 Å². The number of halogens is 1. The van der Waals surface area contributed by atoms with Crippen molar-refractivity contribution in [3.8, 4) is 0 Å². The number of carbonyl (C=O) groups excluding carboxylic acids is 1. The fourth-order valence-electron chi connectivity index (χ4n) is 1.82. The monoisotopic (exact) mass is 298 g/mol. The Labute approximate surface area is 108 Å². The van der Waals surface area contributed by atoms with Crippen LogP contribution in [0, 0.1) is 5.92 Å². The summed E-state index contributed by atoms with van der Waals surface area (Å²) >= 11 is 3.37. The molecule has 1 aliphatic heterocycles. The molecule has 0 bridgehead atoms. The van der Waals surface area contributed by atoms with Gasteiger partial charge in [-0.2, -0.15) is 0 Å². The molecule has 17 heavy (non-hydrogen) atoms. The first-order valence-electron chi connectivity index (χ1n) is 5.30. The molecule has 1 fully saturated rings. The maximum absolute atomic E-state index is 11.7. The van der Waals surface area contributed by atoms with Crippen LogP contribution in [-0.4, -0.2) is 39.9 Å². The Morgan fingerprint density at radius 3 is 2.76 bits per heavy atom. The second-order valence-corrected chi connectivity index (χ2v) is 4.70. The van der Waals surface area contributed by atoms with E-state index in [9.17, 15) is 4.79 Å². The molecule has 1 saturated heterocycles. The smallest absolute Gasteiger partial charge is 0.423 e. The predicted octanol–water partition coefficient (Wildman–Crippen LogP) is -0.491. The Morgan fingerprint density at radius 2 is 2.29 bits per heavy atom. The lowest BCUT2D eigenvalue weighted by Crippen LogP contribution is -2.31. The topological polar surface area (TPSA) is 73.7 Å². The maximum Gasteiger partial charge on any atom is 0.490 e. The van der Waals surface area contributed by atoms with Crippen LogP contribution in [0.2, 0.25) is 0 Å². The van der Waals surface area contributed by atoms with E-state index < -0.39 is 7.12 Å². The van der Waals surface area contributed by atoms with Gasteiger partial charge in [-0.3, -0.25) is 9.69 Å². The number of hydrogen-bond donors (Lipinski definition) is 2. The van der Waals surface area contributed by atoms with Gasteiger partial charge >= 0.3 is 7.12 Å². The van der Waals surface area contributed by atoms with Crippen LogP contribution in [0.15, 0.2) is 18.3 Å². The molecule has 0 aliphatic carbocycles. The van der Waals surface area contributed by atoms with Crippen molar-refractivity contribution in [2.24, 2.45) is 5.92 Å². The van der Waals surface area contributed by atoms with Crippen molar-refractivity contribution in [1.82, 2.24) is 4.98 Å². The summed E-state index contributed by atoms with van der Waals surface area (Å²) in [5, 5.41) is 18.7. The Morgan fingerprint density at radius 1 is 1.53 bits per heavy atom. The van der Waals surface area contributed by atoms with Gasteiger partial charge in [-0.05, 0) is 12.0 Å². The molecule has 1 amide bonds. The zero-order valence-corrected chi connectivity index (χ0v) is 10.7. The van der Waals surface area contributed by atoms with Gasteiger partial charge in [0.05, 0.1) is 0 Å². The summed E-state index contributed by atoms with van der Waals surface area (Å²) in [6.45, 7) is 0.651. The van der Waals surface area contributed by atoms with Crippen molar-refractivity contribution in [2.75, 3.05) is 16.8 Å². The van der Waals surface area contributed by atoms with Crippen LogP contribution >= 0.6 is 15.9 Å². The van der Waals surface area contributed by atoms with E-state index in [1.54, 1.807) is 17.0 Å². The molecule has 0 aromatic carbocycles. The van der Waals surface area contributed by atoms with Crippen LogP contribution in [0.25, 0.3) is 0 Å². The van der Waals surface area contributed by atoms with Crippen LogP contribution in [0.4, 0.5) is 5.82 Å². The van der Waals surface area contributed by atoms with Gasteiger partial charge in [0.1, 0.15) is 5.82 Å². The van der Waals surface area contributed by atoms with Crippen molar-refractivity contribution in [3.63, 3.8) is 0 Å². The Kier molecular flexibility index (Phi) is 3.81. The van der Waals surface area contributed by atoms with Gasteiger partial charge in [0.2, 0.25) is 5.91 Å². The minimum atomic E-state index is -1.53. The highest BCUT2D eigenvalue weighted by Gasteiger charge is 2.30. The number of hydrogen-bond acceptors (Lipinski definition) is 4. The summed E-state index contributed by atoms with van der Waals surface area (Å²) in [5.41, 5.74) is 0.317. The van der Waals surface area contributed by atoms with Crippen molar-refractivity contribution in [3.05, 3.63) is 18.3 Å². The molecule has 1 atom stereocenters. The third kappa shape index (κ3) is 2.67. The third-order valence-electron chi connectivity index (χ3n) is 2.77. The van der Waals surface area contributed by atoms with E-state index in [1.165, 1.54) is 6.20 Å². The number of carbonyl (C=O) groups is 1. The van der Waals surface area contributed by atoms with Crippen LogP contribution in [-0.2, 0) is 4.79 Å². The van der Waals surface area contributed by atoms with Crippen LogP contribution in [0.3, 0.4) is 0 Å². The van der Waals surface area contributed by atoms with Crippen LogP contribution < -0.4 is 10.4 Å². The summed E-state index contributed by atoms with van der Waals surface area (Å²) in [5.74, 6) is 0.925. The largest absolute Gasteiger partial charge is 0.490 e. The van der Waals surface area contributed by atoms with Crippen molar-refractivity contribution < 1.29 is 14.8 Å². The molecule has 2 heterocycles. The van der Waals surface area contributed by atoms with Gasteiger partial charge in [0.15, 0.2) is 0 Å². The first-order valence-corrected chi connectivity index (χ1v) is 6.42. The van der Waals surface area contributed by atoms with E-state index in [1.807, 2.05) is 0 Å². The van der Waals surface area contributed by atoms with Crippen LogP contribution in [0.1, 0.15) is 6.42 Å². The second-order valence-electron chi connectivity index (χ2n) is 4.05. The van der Waals surface area contributed by atoms with Crippen molar-refractivity contribution >= 4 is 40.2 Å². The minimum Gasteiger partial charge on any atom is -0.423 e. The van der Waals surface area contributed by atoms with Gasteiger partial charge < -0.3 is 10.0 Å². The molecule has 0 saturated carbocycles. The van der Waals surface area contributed by atoms with Gasteiger partial charge in [-0.25, -0.2) is 4.98 Å². The highest BCUT2D eigenvalue weighted by Crippen LogP contribution is 2.23. The molecule has 0 radical (unpaired) electrons. The van der Waals surface area contributed by atoms with E-state index in [0.29, 0.717) is 30.2 Å². The number of pyridine rings is 1. The fraction of sp³-hybridized carbons (Fsp3) is 0.400.